The first kappa shape index (κ1) is 15.4. The summed E-state index contributed by atoms with van der Waals surface area (Å²) in [5.74, 6) is -7.11. The van der Waals surface area contributed by atoms with E-state index in [0.717, 1.165) is 18.2 Å². The lowest BCUT2D eigenvalue weighted by Crippen LogP contribution is -2.17. The Hall–Kier alpha value is -2.97. The summed E-state index contributed by atoms with van der Waals surface area (Å²) >= 11 is 0. The number of anilines is 1. The summed E-state index contributed by atoms with van der Waals surface area (Å²) in [6.45, 7) is 0. The Morgan fingerprint density at radius 1 is 1.00 bits per heavy atom. The number of nitrogens with zero attached hydrogens (tertiary/aromatic N) is 1. The van der Waals surface area contributed by atoms with Gasteiger partial charge in [-0.3, -0.25) is 14.9 Å². The van der Waals surface area contributed by atoms with Gasteiger partial charge in [-0.2, -0.15) is 4.39 Å². The van der Waals surface area contributed by atoms with E-state index >= 15 is 0 Å². The summed E-state index contributed by atoms with van der Waals surface area (Å²) in [7, 11) is 0. The maximum Gasteiger partial charge on any atom is 0.307 e. The number of halogens is 4. The summed E-state index contributed by atoms with van der Waals surface area (Å²) in [4.78, 5) is 21.2. The fourth-order valence-electron chi connectivity index (χ4n) is 1.66. The van der Waals surface area contributed by atoms with Crippen molar-refractivity contribution in [2.45, 2.75) is 0 Å². The van der Waals surface area contributed by atoms with E-state index in [9.17, 15) is 32.5 Å². The number of benzene rings is 2. The van der Waals surface area contributed by atoms with Crippen LogP contribution in [0.2, 0.25) is 0 Å². The molecule has 0 spiro atoms. The third kappa shape index (κ3) is 2.73. The molecule has 0 aliphatic rings. The highest BCUT2D eigenvalue weighted by Gasteiger charge is 2.24. The minimum atomic E-state index is -1.63. The molecule has 0 unspecified atom stereocenters. The van der Waals surface area contributed by atoms with Gasteiger partial charge in [0.15, 0.2) is 11.6 Å². The van der Waals surface area contributed by atoms with Crippen molar-refractivity contribution in [3.63, 3.8) is 0 Å². The number of hydrogen-bond donors (Lipinski definition) is 1. The van der Waals surface area contributed by atoms with Crippen LogP contribution in [0.15, 0.2) is 30.3 Å². The highest BCUT2D eigenvalue weighted by Crippen LogP contribution is 2.28. The second-order valence-electron chi connectivity index (χ2n) is 4.07. The molecule has 22 heavy (non-hydrogen) atoms. The molecule has 0 heterocycles. The van der Waals surface area contributed by atoms with Crippen LogP contribution in [-0.4, -0.2) is 10.8 Å². The molecular weight excluding hydrogens is 308 g/mol. The van der Waals surface area contributed by atoms with E-state index in [1.807, 2.05) is 0 Å². The first-order valence-electron chi connectivity index (χ1n) is 5.70. The van der Waals surface area contributed by atoms with Gasteiger partial charge in [-0.25, -0.2) is 13.2 Å². The van der Waals surface area contributed by atoms with Crippen LogP contribution in [0.3, 0.4) is 0 Å². The van der Waals surface area contributed by atoms with Crippen LogP contribution in [0.25, 0.3) is 0 Å². The lowest BCUT2D eigenvalue weighted by Gasteiger charge is -2.08. The summed E-state index contributed by atoms with van der Waals surface area (Å²) < 4.78 is 53.7. The summed E-state index contributed by atoms with van der Waals surface area (Å²) in [6, 6.07) is 3.80. The molecule has 9 heteroatoms. The van der Waals surface area contributed by atoms with Crippen LogP contribution < -0.4 is 5.32 Å². The number of amides is 1. The largest absolute Gasteiger partial charge is 0.317 e. The van der Waals surface area contributed by atoms with Crippen LogP contribution in [0, 0.1) is 33.4 Å². The third-order valence-corrected chi connectivity index (χ3v) is 2.70. The van der Waals surface area contributed by atoms with E-state index in [4.69, 9.17) is 0 Å². The number of hydrogen-bond acceptors (Lipinski definition) is 3. The zero-order valence-electron chi connectivity index (χ0n) is 10.6. The van der Waals surface area contributed by atoms with Gasteiger partial charge >= 0.3 is 5.69 Å². The van der Waals surface area contributed by atoms with Crippen molar-refractivity contribution in [1.82, 2.24) is 0 Å². The molecule has 0 aromatic heterocycles. The first-order valence-corrected chi connectivity index (χ1v) is 5.70. The summed E-state index contributed by atoms with van der Waals surface area (Å²) in [6.07, 6.45) is 0. The molecule has 5 nitrogen and oxygen atoms in total. The number of rotatable bonds is 3. The SMILES string of the molecule is O=C(Nc1c(F)ccc([N+](=O)[O-])c1F)c1cccc(F)c1F. The Kier molecular flexibility index (Phi) is 4.06. The maximum absolute atomic E-state index is 13.8. The van der Waals surface area contributed by atoms with Crippen molar-refractivity contribution in [3.8, 4) is 0 Å². The smallest absolute Gasteiger partial charge is 0.307 e. The zero-order valence-corrected chi connectivity index (χ0v) is 10.6. The number of nitro groups is 1. The van der Waals surface area contributed by atoms with E-state index in [1.54, 1.807) is 5.32 Å². The van der Waals surface area contributed by atoms with Gasteiger partial charge in [0.05, 0.1) is 10.5 Å². The number of carbonyl (C=O) groups excluding carboxylic acids is 1. The van der Waals surface area contributed by atoms with E-state index in [-0.39, 0.29) is 0 Å². The standard InChI is InChI=1S/C13H6F4N2O3/c14-7-3-1-2-6(10(7)16)13(20)18-12-8(15)4-5-9(11(12)17)19(21)22/h1-5H,(H,18,20). The second-order valence-corrected chi connectivity index (χ2v) is 4.07. The fourth-order valence-corrected chi connectivity index (χ4v) is 1.66. The van der Waals surface area contributed by atoms with Gasteiger partial charge in [0.2, 0.25) is 5.82 Å². The van der Waals surface area contributed by atoms with Crippen molar-refractivity contribution in [1.29, 1.82) is 0 Å². The Balaban J connectivity index is 2.43. The molecule has 0 bridgehead atoms. The number of nitrogens with one attached hydrogen (secondary N) is 1. The molecule has 0 aliphatic heterocycles. The number of nitro benzene ring substituents is 1. The summed E-state index contributed by atoms with van der Waals surface area (Å²) in [5.41, 5.74) is -3.00. The molecule has 1 amide bonds. The Morgan fingerprint density at radius 3 is 2.32 bits per heavy atom. The molecule has 0 saturated heterocycles. The highest BCUT2D eigenvalue weighted by molar-refractivity contribution is 6.04. The van der Waals surface area contributed by atoms with Crippen LogP contribution in [0.5, 0.6) is 0 Å². The second kappa shape index (κ2) is 5.80. The normalized spacial score (nSPS) is 10.4. The average Bonchev–Trinajstić information content (AvgIpc) is 2.45. The zero-order chi connectivity index (χ0) is 16.4. The van der Waals surface area contributed by atoms with Crippen LogP contribution in [0.4, 0.5) is 28.9 Å². The quantitative estimate of drug-likeness (QED) is 0.536. The van der Waals surface area contributed by atoms with Crippen molar-refractivity contribution in [3.05, 3.63) is 69.3 Å². The van der Waals surface area contributed by atoms with E-state index in [1.165, 1.54) is 0 Å². The van der Waals surface area contributed by atoms with E-state index in [0.29, 0.717) is 12.1 Å². The van der Waals surface area contributed by atoms with Gasteiger partial charge in [-0.1, -0.05) is 6.07 Å². The molecule has 2 rings (SSSR count). The fraction of sp³-hybridized carbons (Fsp3) is 0. The monoisotopic (exact) mass is 314 g/mol. The van der Waals surface area contributed by atoms with Crippen molar-refractivity contribution >= 4 is 17.3 Å². The lowest BCUT2D eigenvalue weighted by molar-refractivity contribution is -0.387. The molecule has 0 fully saturated rings. The molecule has 114 valence electrons. The van der Waals surface area contributed by atoms with Gasteiger partial charge in [-0.15, -0.1) is 0 Å². The Bertz CT molecular complexity index is 780. The summed E-state index contributed by atoms with van der Waals surface area (Å²) in [5, 5.41) is 12.2. The van der Waals surface area contributed by atoms with Crippen LogP contribution in [-0.2, 0) is 0 Å². The van der Waals surface area contributed by atoms with Gasteiger partial charge in [-0.05, 0) is 18.2 Å². The van der Waals surface area contributed by atoms with Crippen LogP contribution in [0.1, 0.15) is 10.4 Å². The average molecular weight is 314 g/mol. The van der Waals surface area contributed by atoms with Crippen molar-refractivity contribution in [2.24, 2.45) is 0 Å². The van der Waals surface area contributed by atoms with Gasteiger partial charge < -0.3 is 5.32 Å². The molecular formula is C13H6F4N2O3. The van der Waals surface area contributed by atoms with E-state index < -0.39 is 51.0 Å². The highest BCUT2D eigenvalue weighted by atomic mass is 19.2. The van der Waals surface area contributed by atoms with Crippen molar-refractivity contribution in [2.75, 3.05) is 5.32 Å². The minimum Gasteiger partial charge on any atom is -0.317 e. The molecule has 0 saturated carbocycles. The number of carbonyl (C=O) groups is 1. The lowest BCUT2D eigenvalue weighted by atomic mass is 10.1. The molecule has 0 atom stereocenters. The topological polar surface area (TPSA) is 72.2 Å². The van der Waals surface area contributed by atoms with Gasteiger partial charge in [0.1, 0.15) is 11.5 Å². The van der Waals surface area contributed by atoms with Crippen molar-refractivity contribution < 1.29 is 27.3 Å². The minimum absolute atomic E-state index is 0.568. The van der Waals surface area contributed by atoms with E-state index in [2.05, 4.69) is 0 Å². The molecule has 0 aliphatic carbocycles. The molecule has 0 radical (unpaired) electrons. The van der Waals surface area contributed by atoms with Crippen LogP contribution >= 0.6 is 0 Å². The van der Waals surface area contributed by atoms with Gasteiger partial charge in [0, 0.05) is 6.07 Å². The molecule has 2 aromatic rings. The predicted octanol–water partition coefficient (Wildman–Crippen LogP) is 3.40. The third-order valence-electron chi connectivity index (χ3n) is 2.70. The molecule has 2 aromatic carbocycles. The first-order chi connectivity index (χ1) is 10.3. The molecule has 1 N–H and O–H groups in total. The Labute approximate surface area is 120 Å². The predicted molar refractivity (Wildman–Crippen MR) is 67.3 cm³/mol. The maximum atomic E-state index is 13.8. The van der Waals surface area contributed by atoms with Gasteiger partial charge in [0.25, 0.3) is 5.91 Å². The Morgan fingerprint density at radius 2 is 1.68 bits per heavy atom.